The quantitative estimate of drug-likeness (QED) is 0.322. The Bertz CT molecular complexity index is 1080. The zero-order chi connectivity index (χ0) is 20.7. The smallest absolute Gasteiger partial charge is 0.268 e. The predicted molar refractivity (Wildman–Crippen MR) is 128 cm³/mol. The Kier molecular flexibility index (Phi) is 6.17. The zero-order valence-corrected chi connectivity index (χ0v) is 17.4. The van der Waals surface area contributed by atoms with Gasteiger partial charge in [-0.15, -0.1) is 0 Å². The molecule has 0 heterocycles. The molecule has 0 unspecified atom stereocenters. The van der Waals surface area contributed by atoms with Crippen LogP contribution in [0.4, 0.5) is 0 Å². The van der Waals surface area contributed by atoms with E-state index in [0.29, 0.717) is 0 Å². The third-order valence-electron chi connectivity index (χ3n) is 4.86. The van der Waals surface area contributed by atoms with Gasteiger partial charge < -0.3 is 0 Å². The Labute approximate surface area is 177 Å². The molecular formula is C27H22NOP. The van der Waals surface area contributed by atoms with E-state index in [2.05, 4.69) is 36.4 Å². The van der Waals surface area contributed by atoms with Crippen LogP contribution in [0.15, 0.2) is 132 Å². The van der Waals surface area contributed by atoms with Gasteiger partial charge in [-0.2, -0.15) is 0 Å². The molecule has 0 aliphatic rings. The molecule has 0 saturated heterocycles. The van der Waals surface area contributed by atoms with Crippen molar-refractivity contribution in [1.29, 1.82) is 0 Å². The van der Waals surface area contributed by atoms with Gasteiger partial charge in [-0.1, -0.05) is 121 Å². The fourth-order valence-electron chi connectivity index (χ4n) is 3.46. The molecule has 4 aromatic carbocycles. The minimum Gasteiger partial charge on any atom is -0.268 e. The van der Waals surface area contributed by atoms with Crippen molar-refractivity contribution in [2.45, 2.75) is 0 Å². The maximum Gasteiger partial charge on any atom is 0.269 e. The number of benzene rings is 4. The van der Waals surface area contributed by atoms with Crippen LogP contribution in [0.5, 0.6) is 0 Å². The Hall–Kier alpha value is -3.48. The molecule has 30 heavy (non-hydrogen) atoms. The lowest BCUT2D eigenvalue weighted by Crippen LogP contribution is -2.26. The summed E-state index contributed by atoms with van der Waals surface area (Å²) in [4.78, 5) is 13.1. The first kappa shape index (κ1) is 19.8. The Morgan fingerprint density at radius 2 is 0.933 bits per heavy atom. The van der Waals surface area contributed by atoms with Crippen LogP contribution < -0.4 is 15.9 Å². The van der Waals surface area contributed by atoms with Crippen molar-refractivity contribution in [3.05, 3.63) is 133 Å². The highest BCUT2D eigenvalue weighted by molar-refractivity contribution is 7.87. The van der Waals surface area contributed by atoms with E-state index < -0.39 is 7.05 Å². The van der Waals surface area contributed by atoms with Crippen molar-refractivity contribution >= 4 is 35.0 Å². The largest absolute Gasteiger partial charge is 0.269 e. The first-order valence-corrected chi connectivity index (χ1v) is 11.6. The lowest BCUT2D eigenvalue weighted by Gasteiger charge is -2.26. The van der Waals surface area contributed by atoms with Crippen LogP contribution in [0.3, 0.4) is 0 Å². The van der Waals surface area contributed by atoms with Gasteiger partial charge in [0.15, 0.2) is 0 Å². The predicted octanol–water partition coefficient (Wildman–Crippen LogP) is 5.40. The van der Waals surface area contributed by atoms with Gasteiger partial charge in [-0.05, 0) is 11.6 Å². The van der Waals surface area contributed by atoms with Crippen LogP contribution in [0.2, 0.25) is 0 Å². The monoisotopic (exact) mass is 407 g/mol. The molecule has 0 aliphatic heterocycles. The zero-order valence-electron chi connectivity index (χ0n) is 16.5. The van der Waals surface area contributed by atoms with Gasteiger partial charge in [-0.25, -0.2) is 4.74 Å². The summed E-state index contributed by atoms with van der Waals surface area (Å²) in [7, 11) is -2.51. The van der Waals surface area contributed by atoms with E-state index in [0.717, 1.165) is 21.5 Å². The van der Waals surface area contributed by atoms with Gasteiger partial charge in [0.2, 0.25) is 0 Å². The van der Waals surface area contributed by atoms with Crippen LogP contribution in [-0.2, 0) is 4.79 Å². The number of nitrogens with zero attached hydrogens (tertiary/aromatic N) is 1. The number of carbonyl (C=O) groups excluding carboxylic acids is 1. The van der Waals surface area contributed by atoms with E-state index in [1.54, 1.807) is 6.08 Å². The van der Waals surface area contributed by atoms with Crippen LogP contribution in [0.25, 0.3) is 6.08 Å². The van der Waals surface area contributed by atoms with Crippen molar-refractivity contribution < 1.29 is 4.79 Å². The van der Waals surface area contributed by atoms with Gasteiger partial charge in [-0.3, -0.25) is 4.79 Å². The van der Waals surface area contributed by atoms with Gasteiger partial charge in [0.1, 0.15) is 0 Å². The highest BCUT2D eigenvalue weighted by Gasteiger charge is 2.28. The summed E-state index contributed by atoms with van der Waals surface area (Å²) in [5.41, 5.74) is 0.976. The lowest BCUT2D eigenvalue weighted by atomic mass is 10.2. The van der Waals surface area contributed by atoms with E-state index in [-0.39, 0.29) is 5.91 Å². The molecule has 0 aromatic heterocycles. The van der Waals surface area contributed by atoms with Crippen molar-refractivity contribution in [1.82, 2.24) is 0 Å². The van der Waals surface area contributed by atoms with Crippen LogP contribution >= 0.6 is 7.05 Å². The summed E-state index contributed by atoms with van der Waals surface area (Å²) < 4.78 is 4.92. The number of rotatable bonds is 5. The second kappa shape index (κ2) is 9.35. The van der Waals surface area contributed by atoms with Crippen molar-refractivity contribution in [2.24, 2.45) is 4.74 Å². The minimum atomic E-state index is -2.51. The Morgan fingerprint density at radius 1 is 0.567 bits per heavy atom. The maximum atomic E-state index is 13.1. The van der Waals surface area contributed by atoms with Crippen LogP contribution in [0, 0.1) is 0 Å². The lowest BCUT2D eigenvalue weighted by molar-refractivity contribution is -0.113. The highest BCUT2D eigenvalue weighted by Crippen LogP contribution is 2.46. The van der Waals surface area contributed by atoms with Crippen LogP contribution in [-0.4, -0.2) is 5.91 Å². The summed E-state index contributed by atoms with van der Waals surface area (Å²) in [6, 6.07) is 40.3. The number of amides is 1. The summed E-state index contributed by atoms with van der Waals surface area (Å²) in [5.74, 6) is -0.233. The van der Waals surface area contributed by atoms with Gasteiger partial charge in [0.05, 0.1) is 7.05 Å². The molecule has 0 atom stereocenters. The van der Waals surface area contributed by atoms with E-state index in [1.807, 2.05) is 91.0 Å². The summed E-state index contributed by atoms with van der Waals surface area (Å²) >= 11 is 0. The number of carbonyl (C=O) groups is 1. The standard InChI is InChI=1S/C27H22NOP/c29-27(22-21-23-13-5-1-6-14-23)28-30(24-15-7-2-8-16-24,25-17-9-3-10-18-25)26-19-11-4-12-20-26/h1-22H/b22-21+. The molecule has 4 rings (SSSR count). The number of hydrogen-bond donors (Lipinski definition) is 0. The molecule has 146 valence electrons. The molecule has 1 amide bonds. The van der Waals surface area contributed by atoms with Crippen molar-refractivity contribution in [3.63, 3.8) is 0 Å². The van der Waals surface area contributed by atoms with Gasteiger partial charge in [0, 0.05) is 22.0 Å². The number of hydrogen-bond acceptors (Lipinski definition) is 1. The molecule has 0 N–H and O–H groups in total. The normalized spacial score (nSPS) is 11.3. The molecule has 3 heteroatoms. The summed E-state index contributed by atoms with van der Waals surface area (Å²) in [5, 5.41) is 3.18. The third kappa shape index (κ3) is 4.25. The molecule has 2 nitrogen and oxygen atoms in total. The SMILES string of the molecule is O=C(/C=C/c1ccccc1)N=P(c1ccccc1)(c1ccccc1)c1ccccc1. The van der Waals surface area contributed by atoms with E-state index in [4.69, 9.17) is 4.74 Å². The molecule has 0 aliphatic carbocycles. The Balaban J connectivity index is 1.94. The maximum absolute atomic E-state index is 13.1. The third-order valence-corrected chi connectivity index (χ3v) is 8.49. The topological polar surface area (TPSA) is 29.4 Å². The average molecular weight is 407 g/mol. The molecular weight excluding hydrogens is 385 g/mol. The summed E-state index contributed by atoms with van der Waals surface area (Å²) in [6.07, 6.45) is 3.39. The van der Waals surface area contributed by atoms with E-state index >= 15 is 0 Å². The Morgan fingerprint density at radius 3 is 1.33 bits per heavy atom. The molecule has 0 fully saturated rings. The first-order valence-electron chi connectivity index (χ1n) is 9.85. The molecule has 0 spiro atoms. The minimum absolute atomic E-state index is 0.233. The molecule has 0 bridgehead atoms. The fraction of sp³-hybridized carbons (Fsp3) is 0. The molecule has 0 radical (unpaired) electrons. The van der Waals surface area contributed by atoms with E-state index in [1.165, 1.54) is 0 Å². The van der Waals surface area contributed by atoms with Gasteiger partial charge in [0.25, 0.3) is 5.91 Å². The molecule has 0 saturated carbocycles. The second-order valence-electron chi connectivity index (χ2n) is 6.82. The van der Waals surface area contributed by atoms with Gasteiger partial charge >= 0.3 is 0 Å². The van der Waals surface area contributed by atoms with Crippen molar-refractivity contribution in [3.8, 4) is 0 Å². The van der Waals surface area contributed by atoms with E-state index in [9.17, 15) is 4.79 Å². The fourth-order valence-corrected chi connectivity index (χ4v) is 6.88. The molecule has 4 aromatic rings. The first-order chi connectivity index (χ1) is 14.8. The van der Waals surface area contributed by atoms with Crippen molar-refractivity contribution in [2.75, 3.05) is 0 Å². The summed E-state index contributed by atoms with van der Waals surface area (Å²) in [6.45, 7) is 0. The van der Waals surface area contributed by atoms with Crippen LogP contribution in [0.1, 0.15) is 5.56 Å². The highest BCUT2D eigenvalue weighted by atomic mass is 31.2. The second-order valence-corrected chi connectivity index (χ2v) is 9.84. The average Bonchev–Trinajstić information content (AvgIpc) is 2.83.